The number of hydrogen-bond donors (Lipinski definition) is 1. The Kier molecular flexibility index (Phi) is 7.11. The number of aromatic nitrogens is 2. The van der Waals surface area contributed by atoms with Gasteiger partial charge in [-0.1, -0.05) is 36.4 Å². The van der Waals surface area contributed by atoms with Gasteiger partial charge in [-0.25, -0.2) is 4.79 Å². The Morgan fingerprint density at radius 3 is 2.61 bits per heavy atom. The Morgan fingerprint density at radius 2 is 1.88 bits per heavy atom. The Balaban J connectivity index is 1.55. The molecule has 0 aliphatic carbocycles. The number of amides is 1. The van der Waals surface area contributed by atoms with E-state index in [9.17, 15) is 9.59 Å². The highest BCUT2D eigenvalue weighted by molar-refractivity contribution is 7.15. The average Bonchev–Trinajstić information content (AvgIpc) is 3.44. The quantitative estimate of drug-likeness (QED) is 0.332. The number of carbonyl (C=O) groups is 2. The van der Waals surface area contributed by atoms with Crippen molar-refractivity contribution in [2.24, 2.45) is 0 Å². The highest BCUT2D eigenvalue weighted by Crippen LogP contribution is 2.36. The van der Waals surface area contributed by atoms with Gasteiger partial charge in [0.2, 0.25) is 0 Å². The number of rotatable bonds is 8. The Morgan fingerprint density at radius 1 is 1.06 bits per heavy atom. The summed E-state index contributed by atoms with van der Waals surface area (Å²) >= 11 is 2.42. The van der Waals surface area contributed by atoms with Gasteiger partial charge in [0.25, 0.3) is 5.91 Å². The molecule has 0 spiro atoms. The molecule has 0 atom stereocenters. The molecule has 2 aromatic carbocycles. The van der Waals surface area contributed by atoms with E-state index < -0.39 is 5.97 Å². The molecule has 2 heterocycles. The molecular formula is C24H21N3O4S2. The van der Waals surface area contributed by atoms with E-state index >= 15 is 0 Å². The van der Waals surface area contributed by atoms with E-state index in [-0.39, 0.29) is 19.1 Å². The van der Waals surface area contributed by atoms with E-state index in [1.807, 2.05) is 42.6 Å². The first-order valence-electron chi connectivity index (χ1n) is 10.2. The molecule has 0 fully saturated rings. The van der Waals surface area contributed by atoms with Crippen molar-refractivity contribution < 1.29 is 19.1 Å². The van der Waals surface area contributed by atoms with Crippen molar-refractivity contribution in [2.75, 3.05) is 11.9 Å². The summed E-state index contributed by atoms with van der Waals surface area (Å²) < 4.78 is 19.4. The van der Waals surface area contributed by atoms with Gasteiger partial charge in [0.1, 0.15) is 28.6 Å². The fraction of sp³-hybridized carbons (Fsp3) is 0.167. The lowest BCUT2D eigenvalue weighted by Gasteiger charge is -2.10. The average molecular weight is 480 g/mol. The number of nitrogens with one attached hydrogen (secondary N) is 1. The van der Waals surface area contributed by atoms with Gasteiger partial charge in [0.05, 0.1) is 24.0 Å². The normalized spacial score (nSPS) is 10.6. The maximum atomic E-state index is 13.0. The fourth-order valence-corrected chi connectivity index (χ4v) is 4.63. The Labute approximate surface area is 199 Å². The van der Waals surface area contributed by atoms with Crippen LogP contribution in [0.1, 0.15) is 39.0 Å². The van der Waals surface area contributed by atoms with Crippen LogP contribution in [0.15, 0.2) is 60.0 Å². The largest absolute Gasteiger partial charge is 0.487 e. The minimum Gasteiger partial charge on any atom is -0.487 e. The maximum absolute atomic E-state index is 13.0. The van der Waals surface area contributed by atoms with Crippen LogP contribution in [-0.2, 0) is 11.3 Å². The van der Waals surface area contributed by atoms with Gasteiger partial charge in [0, 0.05) is 16.5 Å². The predicted molar refractivity (Wildman–Crippen MR) is 129 cm³/mol. The number of benzene rings is 2. The molecule has 0 radical (unpaired) electrons. The van der Waals surface area contributed by atoms with E-state index in [4.69, 9.17) is 9.47 Å². The van der Waals surface area contributed by atoms with Crippen LogP contribution in [0, 0.1) is 6.92 Å². The first-order valence-corrected chi connectivity index (χ1v) is 11.8. The van der Waals surface area contributed by atoms with Crippen LogP contribution < -0.4 is 10.1 Å². The zero-order valence-electron chi connectivity index (χ0n) is 18.0. The molecule has 0 aliphatic rings. The summed E-state index contributed by atoms with van der Waals surface area (Å²) in [6.07, 6.45) is 0. The molecule has 4 rings (SSSR count). The highest BCUT2D eigenvalue weighted by atomic mass is 32.1. The Hall–Kier alpha value is -3.56. The third-order valence-electron chi connectivity index (χ3n) is 4.80. The molecule has 7 nitrogen and oxygen atoms in total. The summed E-state index contributed by atoms with van der Waals surface area (Å²) in [5.41, 5.74) is 3.94. The molecule has 0 aliphatic heterocycles. The van der Waals surface area contributed by atoms with Gasteiger partial charge < -0.3 is 14.8 Å². The number of nitrogens with zero attached hydrogens (tertiary/aromatic N) is 2. The summed E-state index contributed by atoms with van der Waals surface area (Å²) in [6.45, 7) is 4.13. The molecule has 0 bridgehead atoms. The summed E-state index contributed by atoms with van der Waals surface area (Å²) in [5, 5.41) is 5.15. The van der Waals surface area contributed by atoms with Gasteiger partial charge in [-0.15, -0.1) is 11.3 Å². The van der Waals surface area contributed by atoms with Crippen molar-refractivity contribution in [3.05, 3.63) is 82.5 Å². The van der Waals surface area contributed by atoms with Crippen LogP contribution in [0.4, 0.5) is 5.00 Å². The first kappa shape index (κ1) is 22.6. The molecule has 9 heteroatoms. The van der Waals surface area contributed by atoms with E-state index in [0.29, 0.717) is 21.9 Å². The van der Waals surface area contributed by atoms with Gasteiger partial charge in [-0.3, -0.25) is 4.79 Å². The third kappa shape index (κ3) is 5.27. The number of aryl methyl sites for hydroxylation is 1. The molecule has 0 saturated heterocycles. The lowest BCUT2D eigenvalue weighted by atomic mass is 10.0. The molecule has 0 unspecified atom stereocenters. The SMILES string of the molecule is CCOC(=O)c1c(-c2ccccc2)csc1NC(=O)c1cccc(OCc2nsnc2C)c1. The third-order valence-corrected chi connectivity index (χ3v) is 6.35. The minimum atomic E-state index is -0.475. The number of carbonyl (C=O) groups excluding carboxylic acids is 2. The summed E-state index contributed by atoms with van der Waals surface area (Å²) in [6, 6.07) is 16.4. The standard InChI is InChI=1S/C24H21N3O4S2/c1-3-30-24(29)21-19(16-8-5-4-6-9-16)14-32-23(21)25-22(28)17-10-7-11-18(12-17)31-13-20-15(2)26-33-27-20/h4-12,14H,3,13H2,1-2H3,(H,25,28). The van der Waals surface area contributed by atoms with Crippen LogP contribution in [0.5, 0.6) is 5.75 Å². The second-order valence-electron chi connectivity index (χ2n) is 7.01. The molecule has 4 aromatic rings. The van der Waals surface area contributed by atoms with E-state index in [2.05, 4.69) is 14.1 Å². The number of anilines is 1. The lowest BCUT2D eigenvalue weighted by Crippen LogP contribution is -2.15. The number of hydrogen-bond acceptors (Lipinski definition) is 8. The molecule has 2 aromatic heterocycles. The van der Waals surface area contributed by atoms with Crippen molar-refractivity contribution in [2.45, 2.75) is 20.5 Å². The molecule has 0 saturated carbocycles. The van der Waals surface area contributed by atoms with Crippen molar-refractivity contribution in [1.29, 1.82) is 0 Å². The molecule has 168 valence electrons. The van der Waals surface area contributed by atoms with Crippen LogP contribution >= 0.6 is 23.1 Å². The second-order valence-corrected chi connectivity index (χ2v) is 8.42. The Bertz CT molecular complexity index is 1270. The maximum Gasteiger partial charge on any atom is 0.341 e. The van der Waals surface area contributed by atoms with Crippen LogP contribution in [-0.4, -0.2) is 27.2 Å². The van der Waals surface area contributed by atoms with Gasteiger partial charge >= 0.3 is 5.97 Å². The monoisotopic (exact) mass is 479 g/mol. The summed E-state index contributed by atoms with van der Waals surface area (Å²) in [5.74, 6) is -0.284. The molecule has 1 N–H and O–H groups in total. The zero-order chi connectivity index (χ0) is 23.2. The van der Waals surface area contributed by atoms with Gasteiger partial charge in [-0.2, -0.15) is 8.75 Å². The zero-order valence-corrected chi connectivity index (χ0v) is 19.7. The second kappa shape index (κ2) is 10.4. The van der Waals surface area contributed by atoms with E-state index in [0.717, 1.165) is 34.2 Å². The van der Waals surface area contributed by atoms with Crippen LogP contribution in [0.2, 0.25) is 0 Å². The van der Waals surface area contributed by atoms with Gasteiger partial charge in [-0.05, 0) is 37.6 Å². The van der Waals surface area contributed by atoms with Crippen LogP contribution in [0.3, 0.4) is 0 Å². The van der Waals surface area contributed by atoms with Crippen molar-refractivity contribution >= 4 is 39.9 Å². The van der Waals surface area contributed by atoms with Gasteiger partial charge in [0.15, 0.2) is 0 Å². The molecule has 1 amide bonds. The fourth-order valence-electron chi connectivity index (χ4n) is 3.12. The molecular weight excluding hydrogens is 458 g/mol. The smallest absolute Gasteiger partial charge is 0.341 e. The topological polar surface area (TPSA) is 90.4 Å². The van der Waals surface area contributed by atoms with Crippen molar-refractivity contribution in [3.8, 4) is 16.9 Å². The predicted octanol–water partition coefficient (Wildman–Crippen LogP) is 5.58. The summed E-state index contributed by atoms with van der Waals surface area (Å²) in [4.78, 5) is 25.7. The minimum absolute atomic E-state index is 0.240. The summed E-state index contributed by atoms with van der Waals surface area (Å²) in [7, 11) is 0. The highest BCUT2D eigenvalue weighted by Gasteiger charge is 2.23. The first-order chi connectivity index (χ1) is 16.1. The molecule has 33 heavy (non-hydrogen) atoms. The van der Waals surface area contributed by atoms with Crippen molar-refractivity contribution in [3.63, 3.8) is 0 Å². The van der Waals surface area contributed by atoms with E-state index in [1.165, 1.54) is 11.3 Å². The number of thiophene rings is 1. The van der Waals surface area contributed by atoms with E-state index in [1.54, 1.807) is 31.2 Å². The number of ether oxygens (including phenoxy) is 2. The number of esters is 1. The van der Waals surface area contributed by atoms with Crippen LogP contribution in [0.25, 0.3) is 11.1 Å². The lowest BCUT2D eigenvalue weighted by molar-refractivity contribution is 0.0529. The van der Waals surface area contributed by atoms with Crippen molar-refractivity contribution in [1.82, 2.24) is 8.75 Å².